The Kier molecular flexibility index (Phi) is 14.3. The molecule has 0 radical (unpaired) electrons. The Bertz CT molecular complexity index is 1510. The summed E-state index contributed by atoms with van der Waals surface area (Å²) in [7, 11) is 0. The molecule has 0 spiro atoms. The molecule has 10 heteroatoms. The Morgan fingerprint density at radius 3 is 2.17 bits per heavy atom. The van der Waals surface area contributed by atoms with E-state index < -0.39 is 31.1 Å². The van der Waals surface area contributed by atoms with Crippen LogP contribution in [0.25, 0.3) is 0 Å². The van der Waals surface area contributed by atoms with Gasteiger partial charge in [0.05, 0.1) is 24.9 Å². The molecular weight excluding hydrogens is 674 g/mol. The molecule has 3 aromatic rings. The van der Waals surface area contributed by atoms with Gasteiger partial charge in [-0.3, -0.25) is 0 Å². The lowest BCUT2D eigenvalue weighted by atomic mass is 9.84. The van der Waals surface area contributed by atoms with Crippen molar-refractivity contribution < 1.29 is 43.1 Å². The lowest BCUT2D eigenvalue weighted by molar-refractivity contribution is -0.379. The molecule has 3 saturated heterocycles. The second-order valence-corrected chi connectivity index (χ2v) is 14.7. The maximum atomic E-state index is 13.2. The van der Waals surface area contributed by atoms with Crippen molar-refractivity contribution in [2.45, 2.75) is 116 Å². The van der Waals surface area contributed by atoms with Gasteiger partial charge in [0.2, 0.25) is 0 Å². The van der Waals surface area contributed by atoms with Crippen LogP contribution in [0, 0.1) is 17.8 Å². The fourth-order valence-corrected chi connectivity index (χ4v) is 7.61. The Hall–Kier alpha value is -3.35. The summed E-state index contributed by atoms with van der Waals surface area (Å²) in [6.07, 6.45) is -0.755. The number of ether oxygens (including phenoxy) is 7. The monoisotopic (exact) mass is 731 g/mol. The van der Waals surface area contributed by atoms with E-state index in [0.29, 0.717) is 26.3 Å². The number of nitrogens with zero attached hydrogens (tertiary/aromatic N) is 1. The van der Waals surface area contributed by atoms with Gasteiger partial charge in [0, 0.05) is 43.0 Å². The van der Waals surface area contributed by atoms with Crippen LogP contribution < -0.4 is 0 Å². The van der Waals surface area contributed by atoms with Crippen LogP contribution in [0.4, 0.5) is 4.79 Å². The normalized spacial score (nSPS) is 31.4. The second-order valence-electron chi connectivity index (χ2n) is 14.7. The van der Waals surface area contributed by atoms with Gasteiger partial charge in [-0.2, -0.15) is 0 Å². The largest absolute Gasteiger partial charge is 0.445 e. The summed E-state index contributed by atoms with van der Waals surface area (Å²) in [6, 6.07) is 29.6. The molecule has 1 amide bonds. The molecule has 3 heterocycles. The Morgan fingerprint density at radius 1 is 0.792 bits per heavy atom. The topological polar surface area (TPSA) is 105 Å². The zero-order chi connectivity index (χ0) is 37.2. The van der Waals surface area contributed by atoms with Crippen LogP contribution in [0.5, 0.6) is 0 Å². The fourth-order valence-electron chi connectivity index (χ4n) is 7.61. The van der Waals surface area contributed by atoms with E-state index in [9.17, 15) is 9.90 Å². The van der Waals surface area contributed by atoms with Gasteiger partial charge in [-0.1, -0.05) is 119 Å². The minimum atomic E-state index is -0.679. The van der Waals surface area contributed by atoms with Gasteiger partial charge in [0.1, 0.15) is 18.8 Å². The molecule has 6 unspecified atom stereocenters. The predicted molar refractivity (Wildman–Crippen MR) is 199 cm³/mol. The second kappa shape index (κ2) is 19.3. The summed E-state index contributed by atoms with van der Waals surface area (Å²) >= 11 is 0. The molecule has 3 aliphatic rings. The third-order valence-electron chi connectivity index (χ3n) is 10.9. The smallest absolute Gasteiger partial charge is 0.410 e. The fraction of sp³-hybridized carbons (Fsp3) is 0.558. The van der Waals surface area contributed by atoms with Crippen molar-refractivity contribution in [1.82, 2.24) is 4.90 Å². The van der Waals surface area contributed by atoms with Crippen molar-refractivity contribution >= 4 is 6.09 Å². The van der Waals surface area contributed by atoms with E-state index in [1.807, 2.05) is 105 Å². The lowest BCUT2D eigenvalue weighted by Crippen LogP contribution is -2.61. The molecule has 0 aromatic heterocycles. The Morgan fingerprint density at radius 2 is 1.47 bits per heavy atom. The van der Waals surface area contributed by atoms with Crippen LogP contribution in [0.2, 0.25) is 0 Å². The molecule has 3 fully saturated rings. The van der Waals surface area contributed by atoms with Crippen LogP contribution in [0.1, 0.15) is 76.4 Å². The molecular formula is C43H57NO9. The molecule has 288 valence electrons. The number of amides is 1. The van der Waals surface area contributed by atoms with E-state index in [4.69, 9.17) is 33.2 Å². The van der Waals surface area contributed by atoms with Crippen LogP contribution >= 0.6 is 0 Å². The minimum Gasteiger partial charge on any atom is -0.445 e. The number of rotatable bonds is 15. The predicted octanol–water partition coefficient (Wildman–Crippen LogP) is 7.64. The summed E-state index contributed by atoms with van der Waals surface area (Å²) in [4.78, 5) is 15.0. The van der Waals surface area contributed by atoms with E-state index in [1.165, 1.54) is 0 Å². The number of carbonyl (C=O) groups is 1. The highest BCUT2D eigenvalue weighted by Crippen LogP contribution is 2.41. The molecule has 3 aromatic carbocycles. The zero-order valence-corrected chi connectivity index (χ0v) is 31.5. The average molecular weight is 732 g/mol. The van der Waals surface area contributed by atoms with Gasteiger partial charge in [-0.05, 0) is 36.8 Å². The first kappa shape index (κ1) is 39.3. The van der Waals surface area contributed by atoms with Gasteiger partial charge < -0.3 is 43.2 Å². The highest BCUT2D eigenvalue weighted by molar-refractivity contribution is 5.67. The van der Waals surface area contributed by atoms with E-state index in [-0.39, 0.29) is 48.8 Å². The van der Waals surface area contributed by atoms with Gasteiger partial charge in [-0.25, -0.2) is 4.79 Å². The van der Waals surface area contributed by atoms with Gasteiger partial charge in [0.25, 0.3) is 0 Å². The number of carbonyl (C=O) groups excluding carboxylic acids is 1. The standard InChI is InChI=1S/C43H57NO9/c1-5-35-29(2)37(45)30(3)40(50-35)53-39-31(4)38-36(28-48-41(52-38)34-22-14-8-15-23-34)51-42(39)47-25-17-9-16-24-44(26-32-18-10-6-11-19-32)43(46)49-27-33-20-12-7-13-21-33/h6-8,10-15,18-23,29-31,35-42,45H,5,9,16-17,24-28H2,1-4H3/t29-,30?,31+,35?,36?,37+,38+,39?,40-,41?,42?/m1/s1. The van der Waals surface area contributed by atoms with Crippen molar-refractivity contribution in [2.24, 2.45) is 17.8 Å². The molecule has 53 heavy (non-hydrogen) atoms. The number of hydrogen-bond donors (Lipinski definition) is 1. The molecule has 10 nitrogen and oxygen atoms in total. The number of unbranched alkanes of at least 4 members (excludes halogenated alkanes) is 2. The maximum absolute atomic E-state index is 13.2. The number of aliphatic hydroxyl groups is 1. The van der Waals surface area contributed by atoms with Gasteiger partial charge in [0.15, 0.2) is 18.9 Å². The lowest BCUT2D eigenvalue weighted by Gasteiger charge is -2.50. The molecule has 0 bridgehead atoms. The van der Waals surface area contributed by atoms with Crippen molar-refractivity contribution in [1.29, 1.82) is 0 Å². The Balaban J connectivity index is 1.06. The maximum Gasteiger partial charge on any atom is 0.410 e. The molecule has 6 rings (SSSR count). The van der Waals surface area contributed by atoms with Gasteiger partial charge in [-0.15, -0.1) is 0 Å². The first-order valence-electron chi connectivity index (χ1n) is 19.4. The Labute approximate surface area is 314 Å². The molecule has 11 atom stereocenters. The molecule has 3 aliphatic heterocycles. The third kappa shape index (κ3) is 10.2. The van der Waals surface area contributed by atoms with E-state index in [2.05, 4.69) is 13.8 Å². The molecule has 0 saturated carbocycles. The van der Waals surface area contributed by atoms with Crippen LogP contribution in [0.15, 0.2) is 91.0 Å². The zero-order valence-electron chi connectivity index (χ0n) is 31.5. The van der Waals surface area contributed by atoms with Crippen molar-refractivity contribution in [3.63, 3.8) is 0 Å². The first-order chi connectivity index (χ1) is 25.8. The van der Waals surface area contributed by atoms with Crippen molar-refractivity contribution in [2.75, 3.05) is 19.8 Å². The minimum absolute atomic E-state index is 0.00565. The van der Waals surface area contributed by atoms with Gasteiger partial charge >= 0.3 is 6.09 Å². The first-order valence-corrected chi connectivity index (χ1v) is 19.4. The van der Waals surface area contributed by atoms with E-state index in [1.54, 1.807) is 4.90 Å². The SMILES string of the molecule is CCC1O[C@H](OC2C(OCCCCCN(Cc3ccccc3)C(=O)OCc3ccccc3)OC3COC(c4ccccc4)O[C@H]3[C@@H]2C)C(C)[C@@H](O)[C@@H]1C. The average Bonchev–Trinajstić information content (AvgIpc) is 3.20. The highest BCUT2D eigenvalue weighted by atomic mass is 16.8. The summed E-state index contributed by atoms with van der Waals surface area (Å²) in [6.45, 7) is 10.2. The third-order valence-corrected chi connectivity index (χ3v) is 10.9. The van der Waals surface area contributed by atoms with Crippen molar-refractivity contribution in [3.05, 3.63) is 108 Å². The number of hydrogen-bond acceptors (Lipinski definition) is 9. The van der Waals surface area contributed by atoms with E-state index in [0.717, 1.165) is 42.4 Å². The number of fused-ring (bicyclic) bond motifs is 1. The number of benzene rings is 3. The molecule has 0 aliphatic carbocycles. The summed E-state index contributed by atoms with van der Waals surface area (Å²) in [5.41, 5.74) is 2.95. The van der Waals surface area contributed by atoms with E-state index >= 15 is 0 Å². The summed E-state index contributed by atoms with van der Waals surface area (Å²) in [5.74, 6) is -0.343. The summed E-state index contributed by atoms with van der Waals surface area (Å²) < 4.78 is 44.6. The van der Waals surface area contributed by atoms with Crippen LogP contribution in [0.3, 0.4) is 0 Å². The number of aliphatic hydroxyl groups excluding tert-OH is 1. The molecule has 1 N–H and O–H groups in total. The quantitative estimate of drug-likeness (QED) is 0.158. The highest BCUT2D eigenvalue weighted by Gasteiger charge is 2.51. The van der Waals surface area contributed by atoms with Crippen molar-refractivity contribution in [3.8, 4) is 0 Å². The van der Waals surface area contributed by atoms with Crippen LogP contribution in [-0.2, 0) is 46.3 Å². The van der Waals surface area contributed by atoms with Crippen LogP contribution in [-0.4, -0.2) is 79.0 Å². The summed E-state index contributed by atoms with van der Waals surface area (Å²) in [5, 5.41) is 11.1.